The molecule has 1 aromatic carbocycles. The number of aliphatic carboxylic acids is 1. The van der Waals surface area contributed by atoms with Crippen molar-refractivity contribution >= 4 is 12.0 Å². The Balaban J connectivity index is 2.02. The summed E-state index contributed by atoms with van der Waals surface area (Å²) in [5, 5.41) is 12.0. The second kappa shape index (κ2) is 9.43. The van der Waals surface area contributed by atoms with Crippen LogP contribution in [-0.4, -0.2) is 54.9 Å². The molecular formula is C19H28N2O5. The number of piperidine rings is 1. The molecule has 1 fully saturated rings. The van der Waals surface area contributed by atoms with Gasteiger partial charge in [0, 0.05) is 25.2 Å². The van der Waals surface area contributed by atoms with E-state index in [1.807, 2.05) is 38.1 Å². The number of methoxy groups -OCH3 is 1. The van der Waals surface area contributed by atoms with E-state index >= 15 is 0 Å². The lowest BCUT2D eigenvalue weighted by Gasteiger charge is -2.31. The molecule has 144 valence electrons. The minimum Gasteiger partial charge on any atom is -0.496 e. The zero-order valence-corrected chi connectivity index (χ0v) is 15.6. The van der Waals surface area contributed by atoms with Crippen LogP contribution in [0.2, 0.25) is 0 Å². The lowest BCUT2D eigenvalue weighted by molar-refractivity contribution is -0.143. The van der Waals surface area contributed by atoms with Gasteiger partial charge >= 0.3 is 12.0 Å². The SMILES string of the molecule is COc1ccccc1C(CNC(=O)N1CCCC(C(=O)O)C1)OC(C)C. The Bertz CT molecular complexity index is 620. The summed E-state index contributed by atoms with van der Waals surface area (Å²) >= 11 is 0. The summed E-state index contributed by atoms with van der Waals surface area (Å²) < 4.78 is 11.4. The minimum absolute atomic E-state index is 0.0202. The van der Waals surface area contributed by atoms with Gasteiger partial charge in [0.25, 0.3) is 0 Å². The van der Waals surface area contributed by atoms with Crippen molar-refractivity contribution in [2.45, 2.75) is 38.9 Å². The summed E-state index contributed by atoms with van der Waals surface area (Å²) in [6.45, 7) is 4.97. The summed E-state index contributed by atoms with van der Waals surface area (Å²) in [6.07, 6.45) is 0.936. The maximum Gasteiger partial charge on any atom is 0.317 e. The average Bonchev–Trinajstić information content (AvgIpc) is 2.64. The molecule has 1 heterocycles. The number of amides is 2. The smallest absolute Gasteiger partial charge is 0.317 e. The number of para-hydroxylation sites is 1. The summed E-state index contributed by atoms with van der Waals surface area (Å²) in [5.74, 6) is -0.639. The third-order valence-corrected chi connectivity index (χ3v) is 4.42. The van der Waals surface area contributed by atoms with Crippen LogP contribution in [0.1, 0.15) is 38.4 Å². The van der Waals surface area contributed by atoms with Crippen LogP contribution in [0.3, 0.4) is 0 Å². The van der Waals surface area contributed by atoms with Gasteiger partial charge in [-0.15, -0.1) is 0 Å². The van der Waals surface area contributed by atoms with Gasteiger partial charge < -0.3 is 24.8 Å². The van der Waals surface area contributed by atoms with Crippen molar-refractivity contribution < 1.29 is 24.2 Å². The number of nitrogens with one attached hydrogen (secondary N) is 1. The zero-order valence-electron chi connectivity index (χ0n) is 15.6. The van der Waals surface area contributed by atoms with E-state index in [1.54, 1.807) is 12.0 Å². The molecule has 0 radical (unpaired) electrons. The van der Waals surface area contributed by atoms with E-state index in [0.717, 1.165) is 5.56 Å². The molecule has 2 rings (SSSR count). The molecule has 0 aromatic heterocycles. The highest BCUT2D eigenvalue weighted by atomic mass is 16.5. The van der Waals surface area contributed by atoms with Gasteiger partial charge in [-0.1, -0.05) is 18.2 Å². The number of rotatable bonds is 7. The first-order valence-electron chi connectivity index (χ1n) is 8.96. The van der Waals surface area contributed by atoms with Crippen LogP contribution in [-0.2, 0) is 9.53 Å². The third-order valence-electron chi connectivity index (χ3n) is 4.42. The highest BCUT2D eigenvalue weighted by molar-refractivity contribution is 5.76. The van der Waals surface area contributed by atoms with Crippen molar-refractivity contribution in [1.29, 1.82) is 0 Å². The summed E-state index contributed by atoms with van der Waals surface area (Å²) in [6, 6.07) is 7.30. The molecule has 0 bridgehead atoms. The predicted octanol–water partition coefficient (Wildman–Crippen LogP) is 2.67. The Labute approximate surface area is 154 Å². The number of hydrogen-bond donors (Lipinski definition) is 2. The molecule has 7 nitrogen and oxygen atoms in total. The second-order valence-electron chi connectivity index (χ2n) is 6.72. The third kappa shape index (κ3) is 5.36. The highest BCUT2D eigenvalue weighted by Gasteiger charge is 2.28. The summed E-state index contributed by atoms with van der Waals surface area (Å²) in [7, 11) is 1.60. The monoisotopic (exact) mass is 364 g/mol. The Morgan fingerprint density at radius 3 is 2.73 bits per heavy atom. The first kappa shape index (κ1) is 20.0. The Hall–Kier alpha value is -2.28. The minimum atomic E-state index is -0.850. The van der Waals surface area contributed by atoms with Crippen LogP contribution in [0.4, 0.5) is 4.79 Å². The Morgan fingerprint density at radius 1 is 1.35 bits per heavy atom. The van der Waals surface area contributed by atoms with Crippen LogP contribution in [0.25, 0.3) is 0 Å². The first-order chi connectivity index (χ1) is 12.4. The number of carboxylic acids is 1. The molecule has 1 aromatic rings. The van der Waals surface area contributed by atoms with Crippen molar-refractivity contribution in [2.75, 3.05) is 26.7 Å². The molecule has 2 amide bonds. The van der Waals surface area contributed by atoms with Gasteiger partial charge in [0.2, 0.25) is 0 Å². The molecule has 2 N–H and O–H groups in total. The maximum absolute atomic E-state index is 12.5. The van der Waals surface area contributed by atoms with Crippen LogP contribution < -0.4 is 10.1 Å². The molecule has 1 saturated heterocycles. The number of nitrogens with zero attached hydrogens (tertiary/aromatic N) is 1. The van der Waals surface area contributed by atoms with Crippen molar-refractivity contribution in [3.05, 3.63) is 29.8 Å². The number of hydrogen-bond acceptors (Lipinski definition) is 4. The fourth-order valence-corrected chi connectivity index (χ4v) is 3.15. The van der Waals surface area contributed by atoms with E-state index < -0.39 is 11.9 Å². The van der Waals surface area contributed by atoms with E-state index in [-0.39, 0.29) is 31.3 Å². The molecule has 2 unspecified atom stereocenters. The molecule has 1 aliphatic rings. The molecule has 0 spiro atoms. The number of carboxylic acid groups (broad SMARTS) is 1. The van der Waals surface area contributed by atoms with Gasteiger partial charge in [0.05, 0.1) is 19.1 Å². The molecule has 1 aliphatic heterocycles. The highest BCUT2D eigenvalue weighted by Crippen LogP contribution is 2.28. The first-order valence-corrected chi connectivity index (χ1v) is 8.96. The number of likely N-dealkylation sites (tertiary alicyclic amines) is 1. The van der Waals surface area contributed by atoms with E-state index in [4.69, 9.17) is 14.6 Å². The quantitative estimate of drug-likeness (QED) is 0.777. The Kier molecular flexibility index (Phi) is 7.26. The molecule has 0 aliphatic carbocycles. The fourth-order valence-electron chi connectivity index (χ4n) is 3.15. The summed E-state index contributed by atoms with van der Waals surface area (Å²) in [4.78, 5) is 25.2. The van der Waals surface area contributed by atoms with Crippen molar-refractivity contribution in [1.82, 2.24) is 10.2 Å². The van der Waals surface area contributed by atoms with E-state index in [1.165, 1.54) is 0 Å². The number of ether oxygens (including phenoxy) is 2. The second-order valence-corrected chi connectivity index (χ2v) is 6.72. The number of carbonyl (C=O) groups excluding carboxylic acids is 1. The van der Waals surface area contributed by atoms with Crippen molar-refractivity contribution in [2.24, 2.45) is 5.92 Å². The van der Waals surface area contributed by atoms with E-state index in [9.17, 15) is 9.59 Å². The largest absolute Gasteiger partial charge is 0.496 e. The van der Waals surface area contributed by atoms with Gasteiger partial charge in [-0.3, -0.25) is 4.79 Å². The Morgan fingerprint density at radius 2 is 2.08 bits per heavy atom. The zero-order chi connectivity index (χ0) is 19.1. The maximum atomic E-state index is 12.5. The molecule has 7 heteroatoms. The van der Waals surface area contributed by atoms with Crippen molar-refractivity contribution in [3.8, 4) is 5.75 Å². The van der Waals surface area contributed by atoms with Gasteiger partial charge in [-0.25, -0.2) is 4.79 Å². The average molecular weight is 364 g/mol. The van der Waals surface area contributed by atoms with Crippen molar-refractivity contribution in [3.63, 3.8) is 0 Å². The van der Waals surface area contributed by atoms with Crippen LogP contribution >= 0.6 is 0 Å². The van der Waals surface area contributed by atoms with E-state index in [2.05, 4.69) is 5.32 Å². The predicted molar refractivity (Wildman–Crippen MR) is 97.3 cm³/mol. The molecule has 0 saturated carbocycles. The fraction of sp³-hybridized carbons (Fsp3) is 0.579. The lowest BCUT2D eigenvalue weighted by atomic mass is 9.99. The van der Waals surface area contributed by atoms with Gasteiger partial charge in [-0.05, 0) is 32.8 Å². The lowest BCUT2D eigenvalue weighted by Crippen LogP contribution is -2.48. The molecular weight excluding hydrogens is 336 g/mol. The molecule has 2 atom stereocenters. The van der Waals surface area contributed by atoms with E-state index in [0.29, 0.717) is 25.1 Å². The summed E-state index contributed by atoms with van der Waals surface area (Å²) in [5.41, 5.74) is 0.867. The van der Waals surface area contributed by atoms with Gasteiger partial charge in [-0.2, -0.15) is 0 Å². The molecule has 26 heavy (non-hydrogen) atoms. The topological polar surface area (TPSA) is 88.1 Å². The standard InChI is InChI=1S/C19H28N2O5/c1-13(2)26-17(15-8-4-5-9-16(15)25-3)11-20-19(24)21-10-6-7-14(12-21)18(22)23/h4-5,8-9,13-14,17H,6-7,10-12H2,1-3H3,(H,20,24)(H,22,23). The van der Waals surface area contributed by atoms with Gasteiger partial charge in [0.15, 0.2) is 0 Å². The van der Waals surface area contributed by atoms with Gasteiger partial charge in [0.1, 0.15) is 11.9 Å². The number of urea groups is 1. The number of benzene rings is 1. The van der Waals surface area contributed by atoms with Crippen LogP contribution in [0.15, 0.2) is 24.3 Å². The normalized spacial score (nSPS) is 18.5. The number of carbonyl (C=O) groups is 2. The van der Waals surface area contributed by atoms with Crippen LogP contribution in [0, 0.1) is 5.92 Å². The van der Waals surface area contributed by atoms with Crippen LogP contribution in [0.5, 0.6) is 5.75 Å².